The Labute approximate surface area is 146 Å². The minimum Gasteiger partial charge on any atom is -0.743 e. The summed E-state index contributed by atoms with van der Waals surface area (Å²) in [5, 5.41) is -8.60. The first kappa shape index (κ1) is 27.7. The second-order valence-electron chi connectivity index (χ2n) is 4.94. The van der Waals surface area contributed by atoms with Gasteiger partial charge in [0.05, 0.1) is 0 Å². The molecule has 0 heterocycles. The maximum absolute atomic E-state index is 14.0. The first-order chi connectivity index (χ1) is 12.0. The predicted molar refractivity (Wildman–Crippen MR) is 50.4 cm³/mol. The summed E-state index contributed by atoms with van der Waals surface area (Å²) in [7, 11) is -8.66. The topological polar surface area (TPSA) is 57.2 Å². The van der Waals surface area contributed by atoms with E-state index < -0.39 is 57.1 Å². The van der Waals surface area contributed by atoms with Crippen molar-refractivity contribution in [3.05, 3.63) is 0 Å². The van der Waals surface area contributed by atoms with Crippen LogP contribution in [0.25, 0.3) is 0 Å². The lowest BCUT2D eigenvalue weighted by Gasteiger charge is -2.50. The van der Waals surface area contributed by atoms with E-state index in [2.05, 4.69) is 0 Å². The quantitative estimate of drug-likeness (QED) is 0.423. The molecule has 0 aromatic carbocycles. The van der Waals surface area contributed by atoms with Gasteiger partial charge in [-0.15, -0.1) is 0 Å². The van der Waals surface area contributed by atoms with Crippen molar-refractivity contribution in [1.29, 1.82) is 0 Å². The van der Waals surface area contributed by atoms with E-state index in [4.69, 9.17) is 0 Å². The Morgan fingerprint density at radius 3 is 0.759 bits per heavy atom. The Balaban J connectivity index is 8.14. The zero-order valence-corrected chi connectivity index (χ0v) is 12.9. The zero-order chi connectivity index (χ0) is 24.5. The van der Waals surface area contributed by atoms with Crippen LogP contribution in [-0.2, 0) is 10.1 Å². The van der Waals surface area contributed by atoms with Crippen LogP contribution in [-0.4, -0.2) is 59.9 Å². The van der Waals surface area contributed by atoms with E-state index in [-0.39, 0.29) is 0 Å². The van der Waals surface area contributed by atoms with Crippen LogP contribution < -0.4 is 0 Å². The van der Waals surface area contributed by atoms with E-state index in [9.17, 15) is 87.6 Å². The van der Waals surface area contributed by atoms with Gasteiger partial charge in [0.15, 0.2) is 10.1 Å². The van der Waals surface area contributed by atoms with E-state index >= 15 is 0 Å². The molecule has 0 aromatic rings. The van der Waals surface area contributed by atoms with E-state index in [0.717, 1.165) is 0 Å². The molecule has 0 aliphatic carbocycles. The summed E-state index contributed by atoms with van der Waals surface area (Å²) in [5.41, 5.74) is -28.0. The number of rotatable bonds is 4. The van der Waals surface area contributed by atoms with Crippen molar-refractivity contribution in [3.8, 4) is 0 Å². The standard InChI is InChI=1S/C8HF17O3S/c9-1(4(12,13)14,2(10,5(15,16)17)6(18,19)20)3(11,7(21,22)23)8(24,25)29(26,27)28/h(H,26,27,28)/p-1. The predicted octanol–water partition coefficient (Wildman–Crippen LogP) is 4.50. The fourth-order valence-corrected chi connectivity index (χ4v) is 2.51. The number of halogens is 17. The van der Waals surface area contributed by atoms with Gasteiger partial charge in [-0.3, -0.25) is 0 Å². The van der Waals surface area contributed by atoms with Gasteiger partial charge in [0, 0.05) is 0 Å². The molecule has 21 heteroatoms. The number of hydrogen-bond acceptors (Lipinski definition) is 3. The summed E-state index contributed by atoms with van der Waals surface area (Å²) < 4.78 is 248. The highest BCUT2D eigenvalue weighted by Gasteiger charge is 3.02. The Hall–Kier alpha value is -1.28. The van der Waals surface area contributed by atoms with E-state index in [1.54, 1.807) is 0 Å². The third kappa shape index (κ3) is 3.26. The van der Waals surface area contributed by atoms with Gasteiger partial charge in [-0.05, 0) is 0 Å². The molecule has 3 nitrogen and oxygen atoms in total. The average molecular weight is 499 g/mol. The Morgan fingerprint density at radius 1 is 0.414 bits per heavy atom. The molecule has 2 unspecified atom stereocenters. The first-order valence-corrected chi connectivity index (χ1v) is 7.08. The Bertz CT molecular complexity index is 712. The third-order valence-corrected chi connectivity index (χ3v) is 4.14. The maximum atomic E-state index is 14.0. The second-order valence-corrected chi connectivity index (χ2v) is 6.36. The normalized spacial score (nSPS) is 20.2. The molecule has 2 atom stereocenters. The van der Waals surface area contributed by atoms with Crippen LogP contribution in [0.15, 0.2) is 0 Å². The van der Waals surface area contributed by atoms with Crippen molar-refractivity contribution < 1.29 is 87.6 Å². The van der Waals surface area contributed by atoms with E-state index in [1.165, 1.54) is 0 Å². The fourth-order valence-electron chi connectivity index (χ4n) is 1.91. The van der Waals surface area contributed by atoms with Crippen molar-refractivity contribution in [2.75, 3.05) is 0 Å². The highest BCUT2D eigenvalue weighted by Crippen LogP contribution is 2.69. The summed E-state index contributed by atoms with van der Waals surface area (Å²) in [6.07, 6.45) is -34.8. The average Bonchev–Trinajstić information content (AvgIpc) is 2.37. The lowest BCUT2D eigenvalue weighted by molar-refractivity contribution is -0.466. The monoisotopic (exact) mass is 499 g/mol. The Morgan fingerprint density at radius 2 is 0.621 bits per heavy atom. The molecule has 0 aliphatic heterocycles. The molecule has 0 rings (SSSR count). The molecule has 0 radical (unpaired) electrons. The van der Waals surface area contributed by atoms with Gasteiger partial charge >= 0.3 is 47.0 Å². The molecular weight excluding hydrogens is 499 g/mol. The lowest BCUT2D eigenvalue weighted by atomic mass is 9.71. The highest BCUT2D eigenvalue weighted by atomic mass is 32.2. The third-order valence-electron chi connectivity index (χ3n) is 3.23. The summed E-state index contributed by atoms with van der Waals surface area (Å²) in [5.74, 6) is 0. The summed E-state index contributed by atoms with van der Waals surface area (Å²) >= 11 is 0. The van der Waals surface area contributed by atoms with Crippen molar-refractivity contribution >= 4 is 10.1 Å². The molecule has 176 valence electrons. The van der Waals surface area contributed by atoms with Crippen molar-refractivity contribution in [3.63, 3.8) is 0 Å². The molecule has 0 aliphatic rings. The molecule has 0 bridgehead atoms. The fraction of sp³-hybridized carbons (Fsp3) is 1.00. The van der Waals surface area contributed by atoms with Gasteiger partial charge in [-0.2, -0.15) is 61.5 Å². The molecule has 0 aromatic heterocycles. The van der Waals surface area contributed by atoms with Crippen LogP contribution in [0.1, 0.15) is 0 Å². The Kier molecular flexibility index (Phi) is 6.08. The van der Waals surface area contributed by atoms with Crippen LogP contribution in [0.3, 0.4) is 0 Å². The van der Waals surface area contributed by atoms with Crippen LogP contribution >= 0.6 is 0 Å². The van der Waals surface area contributed by atoms with Crippen LogP contribution in [0.2, 0.25) is 0 Å². The van der Waals surface area contributed by atoms with Crippen molar-refractivity contribution in [1.82, 2.24) is 0 Å². The second kappa shape index (κ2) is 6.36. The van der Waals surface area contributed by atoms with Gasteiger partial charge in [-0.1, -0.05) is 0 Å². The molecule has 0 saturated carbocycles. The molecule has 0 saturated heterocycles. The summed E-state index contributed by atoms with van der Waals surface area (Å²) in [6.45, 7) is 0. The SMILES string of the molecule is O=S(=O)([O-])C(F)(F)C(F)(C(F)(F)F)C(F)(C(F)(F)F)C(F)(C(F)(F)F)C(F)(F)F. The molecule has 0 amide bonds. The van der Waals surface area contributed by atoms with Gasteiger partial charge in [0.1, 0.15) is 0 Å². The highest BCUT2D eigenvalue weighted by molar-refractivity contribution is 7.86. The molecule has 0 spiro atoms. The van der Waals surface area contributed by atoms with Crippen molar-refractivity contribution in [2.45, 2.75) is 47.0 Å². The molecular formula is C8F17O3S-. The van der Waals surface area contributed by atoms with Gasteiger partial charge in [0.25, 0.3) is 0 Å². The minimum absolute atomic E-state index is 8.60. The van der Waals surface area contributed by atoms with E-state index in [0.29, 0.717) is 0 Å². The van der Waals surface area contributed by atoms with Crippen LogP contribution in [0.4, 0.5) is 74.6 Å². The minimum atomic E-state index is -9.50. The molecule has 29 heavy (non-hydrogen) atoms. The van der Waals surface area contributed by atoms with E-state index in [1.807, 2.05) is 0 Å². The zero-order valence-electron chi connectivity index (χ0n) is 12.1. The first-order valence-electron chi connectivity index (χ1n) is 5.67. The van der Waals surface area contributed by atoms with Gasteiger partial charge < -0.3 is 4.55 Å². The summed E-state index contributed by atoms with van der Waals surface area (Å²) in [6, 6.07) is 0. The smallest absolute Gasteiger partial charge is 0.435 e. The lowest BCUT2D eigenvalue weighted by Crippen LogP contribution is -2.84. The maximum Gasteiger partial charge on any atom is 0.435 e. The number of hydrogen-bond donors (Lipinski definition) is 0. The molecule has 0 fully saturated rings. The van der Waals surface area contributed by atoms with Gasteiger partial charge in [-0.25, -0.2) is 21.6 Å². The summed E-state index contributed by atoms with van der Waals surface area (Å²) in [4.78, 5) is 0. The van der Waals surface area contributed by atoms with Crippen molar-refractivity contribution in [2.24, 2.45) is 0 Å². The van der Waals surface area contributed by atoms with Crippen LogP contribution in [0.5, 0.6) is 0 Å². The number of alkyl halides is 17. The molecule has 0 N–H and O–H groups in total. The van der Waals surface area contributed by atoms with Gasteiger partial charge in [0.2, 0.25) is 0 Å². The van der Waals surface area contributed by atoms with Crippen LogP contribution in [0, 0.1) is 0 Å². The largest absolute Gasteiger partial charge is 0.743 e.